The smallest absolute Gasteiger partial charge is 0.257 e. The number of sulfonamides is 1. The van der Waals surface area contributed by atoms with E-state index < -0.39 is 10.0 Å². The number of rotatable bonds is 3. The predicted molar refractivity (Wildman–Crippen MR) is 85.5 cm³/mol. The number of aromatic hydroxyl groups is 1. The monoisotopic (exact) mass is 326 g/mol. The number of amides is 1. The maximum atomic E-state index is 12.6. The number of likely N-dealkylation sites (tertiary alicyclic amines) is 1. The largest absolute Gasteiger partial charge is 0.507 e. The summed E-state index contributed by atoms with van der Waals surface area (Å²) >= 11 is 0. The average Bonchev–Trinajstić information content (AvgIpc) is 2.63. The van der Waals surface area contributed by atoms with Crippen molar-refractivity contribution in [2.75, 3.05) is 24.1 Å². The van der Waals surface area contributed by atoms with E-state index in [1.807, 2.05) is 0 Å². The number of phenolic OH excluding ortho intramolecular Hbond substituents is 1. The van der Waals surface area contributed by atoms with Crippen LogP contribution in [0.1, 0.15) is 36.5 Å². The summed E-state index contributed by atoms with van der Waals surface area (Å²) in [7, 11) is -3.43. The minimum atomic E-state index is -3.43. The van der Waals surface area contributed by atoms with Gasteiger partial charge in [-0.3, -0.25) is 9.52 Å². The molecule has 1 amide bonds. The number of carbonyl (C=O) groups excluding carboxylic acids is 1. The highest BCUT2D eigenvalue weighted by Gasteiger charge is 2.22. The molecule has 2 rings (SSSR count). The molecule has 122 valence electrons. The van der Waals surface area contributed by atoms with Crippen molar-refractivity contribution in [1.29, 1.82) is 0 Å². The van der Waals surface area contributed by atoms with E-state index in [0.29, 0.717) is 19.0 Å². The summed E-state index contributed by atoms with van der Waals surface area (Å²) in [6.45, 7) is 3.48. The molecule has 1 heterocycles. The Morgan fingerprint density at radius 3 is 2.73 bits per heavy atom. The first-order valence-corrected chi connectivity index (χ1v) is 9.25. The predicted octanol–water partition coefficient (Wildman–Crippen LogP) is 2.03. The van der Waals surface area contributed by atoms with E-state index in [1.165, 1.54) is 18.2 Å². The third kappa shape index (κ3) is 4.37. The van der Waals surface area contributed by atoms with E-state index in [1.54, 1.807) is 4.90 Å². The number of phenols is 1. The summed E-state index contributed by atoms with van der Waals surface area (Å²) in [5, 5.41) is 9.93. The Kier molecular flexibility index (Phi) is 4.95. The molecule has 0 radical (unpaired) electrons. The van der Waals surface area contributed by atoms with Gasteiger partial charge in [0.15, 0.2) is 0 Å². The first-order chi connectivity index (χ1) is 10.3. The summed E-state index contributed by atoms with van der Waals surface area (Å²) in [6, 6.07) is 4.14. The summed E-state index contributed by atoms with van der Waals surface area (Å²) in [4.78, 5) is 14.3. The van der Waals surface area contributed by atoms with E-state index in [9.17, 15) is 18.3 Å². The average molecular weight is 326 g/mol. The molecule has 1 unspecified atom stereocenters. The lowest BCUT2D eigenvalue weighted by Crippen LogP contribution is -2.32. The fraction of sp³-hybridized carbons (Fsp3) is 0.533. The zero-order valence-electron chi connectivity index (χ0n) is 12.9. The van der Waals surface area contributed by atoms with Crippen molar-refractivity contribution in [2.24, 2.45) is 5.92 Å². The van der Waals surface area contributed by atoms with Crippen LogP contribution >= 0.6 is 0 Å². The lowest BCUT2D eigenvalue weighted by molar-refractivity contribution is 0.0757. The Morgan fingerprint density at radius 1 is 1.32 bits per heavy atom. The minimum absolute atomic E-state index is 0.128. The van der Waals surface area contributed by atoms with Crippen LogP contribution in [0, 0.1) is 5.92 Å². The summed E-state index contributed by atoms with van der Waals surface area (Å²) in [5.41, 5.74) is 0.398. The molecular weight excluding hydrogens is 304 g/mol. The zero-order chi connectivity index (χ0) is 16.3. The molecular formula is C15H22N2O4S. The van der Waals surface area contributed by atoms with Gasteiger partial charge in [0.1, 0.15) is 5.75 Å². The normalized spacial score (nSPS) is 19.5. The Labute approximate surface area is 131 Å². The molecule has 0 saturated carbocycles. The molecule has 1 saturated heterocycles. The van der Waals surface area contributed by atoms with Gasteiger partial charge in [-0.25, -0.2) is 8.42 Å². The summed E-state index contributed by atoms with van der Waals surface area (Å²) in [5.74, 6) is 0.190. The van der Waals surface area contributed by atoms with Crippen LogP contribution in [0.25, 0.3) is 0 Å². The van der Waals surface area contributed by atoms with Crippen molar-refractivity contribution in [3.8, 4) is 5.75 Å². The molecule has 1 atom stereocenters. The number of anilines is 1. The number of carbonyl (C=O) groups is 1. The van der Waals surface area contributed by atoms with Gasteiger partial charge in [0.2, 0.25) is 10.0 Å². The Morgan fingerprint density at radius 2 is 2.05 bits per heavy atom. The highest BCUT2D eigenvalue weighted by Crippen LogP contribution is 2.25. The van der Waals surface area contributed by atoms with Crippen LogP contribution in [0.4, 0.5) is 5.69 Å². The molecule has 1 aromatic rings. The fourth-order valence-corrected chi connectivity index (χ4v) is 3.18. The van der Waals surface area contributed by atoms with Crippen LogP contribution in [-0.2, 0) is 10.0 Å². The number of nitrogens with one attached hydrogen (secondary N) is 1. The molecule has 1 aromatic carbocycles. The van der Waals surface area contributed by atoms with Crippen LogP contribution in [0.5, 0.6) is 5.75 Å². The number of nitrogens with zero attached hydrogens (tertiary/aromatic N) is 1. The van der Waals surface area contributed by atoms with Gasteiger partial charge in [-0.2, -0.15) is 0 Å². The molecule has 0 aliphatic carbocycles. The van der Waals surface area contributed by atoms with Crippen LogP contribution < -0.4 is 4.72 Å². The van der Waals surface area contributed by atoms with Gasteiger partial charge in [0, 0.05) is 18.8 Å². The zero-order valence-corrected chi connectivity index (χ0v) is 13.7. The Hall–Kier alpha value is -1.76. The fourth-order valence-electron chi connectivity index (χ4n) is 2.62. The van der Waals surface area contributed by atoms with Crippen molar-refractivity contribution in [1.82, 2.24) is 4.90 Å². The topological polar surface area (TPSA) is 86.7 Å². The molecule has 6 nitrogen and oxygen atoms in total. The molecule has 2 N–H and O–H groups in total. The molecule has 1 fully saturated rings. The first kappa shape index (κ1) is 16.6. The lowest BCUT2D eigenvalue weighted by Gasteiger charge is -2.21. The molecule has 0 aromatic heterocycles. The Balaban J connectivity index is 2.23. The maximum absolute atomic E-state index is 12.6. The third-order valence-corrected chi connectivity index (χ3v) is 4.44. The number of hydrogen-bond acceptors (Lipinski definition) is 4. The first-order valence-electron chi connectivity index (χ1n) is 7.36. The third-order valence-electron chi connectivity index (χ3n) is 3.83. The molecule has 0 bridgehead atoms. The highest BCUT2D eigenvalue weighted by molar-refractivity contribution is 7.92. The van der Waals surface area contributed by atoms with Crippen molar-refractivity contribution in [3.05, 3.63) is 23.8 Å². The van der Waals surface area contributed by atoms with E-state index in [4.69, 9.17) is 0 Å². The molecule has 0 spiro atoms. The van der Waals surface area contributed by atoms with Crippen LogP contribution in [-0.4, -0.2) is 43.7 Å². The van der Waals surface area contributed by atoms with Crippen LogP contribution in [0.2, 0.25) is 0 Å². The van der Waals surface area contributed by atoms with Crippen LogP contribution in [0.3, 0.4) is 0 Å². The summed E-state index contributed by atoms with van der Waals surface area (Å²) < 4.78 is 24.9. The van der Waals surface area contributed by atoms with Gasteiger partial charge in [-0.05, 0) is 43.4 Å². The summed E-state index contributed by atoms with van der Waals surface area (Å²) in [6.07, 6.45) is 4.01. The van der Waals surface area contributed by atoms with E-state index in [2.05, 4.69) is 11.6 Å². The van der Waals surface area contributed by atoms with Gasteiger partial charge < -0.3 is 10.0 Å². The Bertz CT molecular complexity index is 658. The van der Waals surface area contributed by atoms with Crippen LogP contribution in [0.15, 0.2) is 18.2 Å². The lowest BCUT2D eigenvalue weighted by atomic mass is 10.0. The van der Waals surface area contributed by atoms with Crippen molar-refractivity contribution >= 4 is 21.6 Å². The standard InChI is InChI=1S/C15H22N2O4S/c1-11-4-3-8-17(9-7-11)15(19)13-10-12(5-6-14(13)18)16-22(2,20)21/h5-6,10-11,16,18H,3-4,7-9H2,1-2H3. The molecule has 7 heteroatoms. The molecule has 22 heavy (non-hydrogen) atoms. The van der Waals surface area contributed by atoms with E-state index in [0.717, 1.165) is 25.5 Å². The maximum Gasteiger partial charge on any atom is 0.257 e. The van der Waals surface area contributed by atoms with Crippen molar-refractivity contribution < 1.29 is 18.3 Å². The SMILES string of the molecule is CC1CCCN(C(=O)c2cc(NS(C)(=O)=O)ccc2O)CC1. The minimum Gasteiger partial charge on any atom is -0.507 e. The van der Waals surface area contributed by atoms with Gasteiger partial charge in [-0.15, -0.1) is 0 Å². The van der Waals surface area contributed by atoms with Gasteiger partial charge in [-0.1, -0.05) is 6.92 Å². The molecule has 1 aliphatic rings. The van der Waals surface area contributed by atoms with E-state index in [-0.39, 0.29) is 22.9 Å². The number of benzene rings is 1. The van der Waals surface area contributed by atoms with Crippen molar-refractivity contribution in [3.63, 3.8) is 0 Å². The number of hydrogen-bond donors (Lipinski definition) is 2. The molecule has 1 aliphatic heterocycles. The second kappa shape index (κ2) is 6.56. The second-order valence-electron chi connectivity index (χ2n) is 5.93. The van der Waals surface area contributed by atoms with E-state index >= 15 is 0 Å². The quantitative estimate of drug-likeness (QED) is 0.832. The van der Waals surface area contributed by atoms with Gasteiger partial charge in [0.05, 0.1) is 11.8 Å². The van der Waals surface area contributed by atoms with Crippen molar-refractivity contribution in [2.45, 2.75) is 26.2 Å². The van der Waals surface area contributed by atoms with Gasteiger partial charge in [0.25, 0.3) is 5.91 Å². The van der Waals surface area contributed by atoms with Gasteiger partial charge >= 0.3 is 0 Å². The highest BCUT2D eigenvalue weighted by atomic mass is 32.2. The second-order valence-corrected chi connectivity index (χ2v) is 7.68.